The van der Waals surface area contributed by atoms with E-state index in [2.05, 4.69) is 4.72 Å². The second-order valence-electron chi connectivity index (χ2n) is 10.3. The number of ether oxygens (including phenoxy) is 1. The van der Waals surface area contributed by atoms with E-state index in [1.165, 1.54) is 6.92 Å². The van der Waals surface area contributed by atoms with Crippen LogP contribution in [0.5, 0.6) is 0 Å². The first-order valence-electron chi connectivity index (χ1n) is 12.6. The van der Waals surface area contributed by atoms with Gasteiger partial charge < -0.3 is 14.2 Å². The zero-order chi connectivity index (χ0) is 25.6. The van der Waals surface area contributed by atoms with Crippen molar-refractivity contribution >= 4 is 23.2 Å². The van der Waals surface area contributed by atoms with Crippen molar-refractivity contribution in [1.29, 1.82) is 0 Å². The number of fused-ring (bicyclic) bond motifs is 2. The van der Waals surface area contributed by atoms with Crippen LogP contribution in [-0.2, 0) is 32.1 Å². The van der Waals surface area contributed by atoms with Crippen LogP contribution in [0.1, 0.15) is 56.7 Å². The van der Waals surface area contributed by atoms with E-state index in [4.69, 9.17) is 9.72 Å². The number of esters is 1. The fourth-order valence-electron chi connectivity index (χ4n) is 5.72. The fourth-order valence-corrected chi connectivity index (χ4v) is 6.45. The lowest BCUT2D eigenvalue weighted by Crippen LogP contribution is -2.71. The molecule has 0 spiro atoms. The Balaban J connectivity index is 1.46. The van der Waals surface area contributed by atoms with E-state index >= 15 is 4.39 Å². The molecule has 2 aliphatic carbocycles. The van der Waals surface area contributed by atoms with Crippen molar-refractivity contribution in [2.24, 2.45) is 5.92 Å². The molecule has 1 aromatic carbocycles. The number of benzene rings is 1. The molecule has 3 heterocycles. The number of aromatic nitrogens is 1. The summed E-state index contributed by atoms with van der Waals surface area (Å²) in [5.74, 6) is -0.470. The average Bonchev–Trinajstić information content (AvgIpc) is 3.64. The van der Waals surface area contributed by atoms with Crippen LogP contribution in [-0.4, -0.2) is 56.8 Å². The molecule has 2 saturated heterocycles. The maximum absolute atomic E-state index is 15.9. The summed E-state index contributed by atoms with van der Waals surface area (Å²) in [5, 5.41) is 0. The van der Waals surface area contributed by atoms with E-state index in [0.29, 0.717) is 22.7 Å². The van der Waals surface area contributed by atoms with Crippen molar-refractivity contribution in [2.45, 2.75) is 76.1 Å². The molecule has 2 aliphatic heterocycles. The third kappa shape index (κ3) is 5.01. The van der Waals surface area contributed by atoms with Gasteiger partial charge in [-0.15, -0.1) is 4.72 Å². The van der Waals surface area contributed by atoms with Crippen LogP contribution in [0, 0.1) is 11.7 Å². The molecule has 0 radical (unpaired) electrons. The highest BCUT2D eigenvalue weighted by Crippen LogP contribution is 2.45. The number of amides is 1. The maximum atomic E-state index is 15.9. The minimum Gasteiger partial charge on any atom is -0.598 e. The van der Waals surface area contributed by atoms with Gasteiger partial charge in [0.05, 0.1) is 17.8 Å². The Kier molecular flexibility index (Phi) is 7.07. The summed E-state index contributed by atoms with van der Waals surface area (Å²) in [4.78, 5) is 31.4. The molecule has 1 unspecified atom stereocenters. The van der Waals surface area contributed by atoms with E-state index in [1.807, 2.05) is 24.3 Å². The standard InChI is InChI=1S/C27H32FN3O4S/c1-15(35-16(2)32)27(33)31-20-12-19(13-20)26(30-36(3)34)24(31)14-18-6-4-7-21(25(18)28)23-9-5-8-22(29-23)17-10-11-17/h4-9,15,17,19-20,24,26,30H,10-14H2,1-3H3/t15-,19?,20?,24+,26+,36?/m1/s1. The largest absolute Gasteiger partial charge is 0.598 e. The predicted octanol–water partition coefficient (Wildman–Crippen LogP) is 3.50. The summed E-state index contributed by atoms with van der Waals surface area (Å²) < 4.78 is 36.4. The number of halogens is 1. The molecule has 4 fully saturated rings. The van der Waals surface area contributed by atoms with Crippen LogP contribution in [0.3, 0.4) is 0 Å². The van der Waals surface area contributed by atoms with Gasteiger partial charge in [0, 0.05) is 41.5 Å². The Bertz CT molecular complexity index is 1150. The van der Waals surface area contributed by atoms with E-state index in [-0.39, 0.29) is 36.1 Å². The van der Waals surface area contributed by atoms with Crippen LogP contribution in [0.2, 0.25) is 0 Å². The number of hydrogen-bond donors (Lipinski definition) is 1. The van der Waals surface area contributed by atoms with Crippen molar-refractivity contribution in [3.05, 3.63) is 53.5 Å². The molecule has 1 amide bonds. The molecular weight excluding hydrogens is 481 g/mol. The van der Waals surface area contributed by atoms with Gasteiger partial charge in [-0.1, -0.05) is 18.2 Å². The van der Waals surface area contributed by atoms with E-state index in [1.54, 1.807) is 30.2 Å². The molecule has 7 nitrogen and oxygen atoms in total. The minimum atomic E-state index is -1.30. The Hall–Kier alpha value is -2.49. The molecule has 6 rings (SSSR count). The highest BCUT2D eigenvalue weighted by atomic mass is 32.2. The minimum absolute atomic E-state index is 0.00279. The van der Waals surface area contributed by atoms with Gasteiger partial charge in [0.25, 0.3) is 5.91 Å². The summed E-state index contributed by atoms with van der Waals surface area (Å²) in [6, 6.07) is 10.3. The van der Waals surface area contributed by atoms with Gasteiger partial charge in [-0.2, -0.15) is 0 Å². The first-order chi connectivity index (χ1) is 17.2. The summed E-state index contributed by atoms with van der Waals surface area (Å²) in [7, 11) is 0. The number of carbonyl (C=O) groups is 2. The topological polar surface area (TPSA) is 94.6 Å². The molecule has 2 aromatic rings. The van der Waals surface area contributed by atoms with Gasteiger partial charge in [-0.3, -0.25) is 14.6 Å². The van der Waals surface area contributed by atoms with Crippen LogP contribution >= 0.6 is 0 Å². The SMILES string of the molecule is CC(=O)O[C@H](C)C(=O)N1C2CC(C2)[C@H](N[S+](C)[O-])[C@@H]1Cc1cccc(-c2cccc(C3CC3)n2)c1F. The Morgan fingerprint density at radius 3 is 2.64 bits per heavy atom. The maximum Gasteiger partial charge on any atom is 0.303 e. The van der Waals surface area contributed by atoms with E-state index in [9.17, 15) is 14.1 Å². The number of hydrogen-bond acceptors (Lipinski definition) is 6. The Morgan fingerprint density at radius 1 is 1.25 bits per heavy atom. The van der Waals surface area contributed by atoms with Crippen molar-refractivity contribution in [2.75, 3.05) is 6.26 Å². The molecule has 2 saturated carbocycles. The lowest BCUT2D eigenvalue weighted by molar-refractivity contribution is -0.168. The van der Waals surface area contributed by atoms with E-state index < -0.39 is 29.5 Å². The van der Waals surface area contributed by atoms with Crippen LogP contribution in [0.25, 0.3) is 11.3 Å². The molecule has 192 valence electrons. The first-order valence-corrected chi connectivity index (χ1v) is 14.1. The normalized spacial score (nSPS) is 26.6. The number of pyridine rings is 1. The Labute approximate surface area is 214 Å². The number of carbonyl (C=O) groups excluding carboxylic acids is 2. The van der Waals surface area contributed by atoms with Crippen molar-refractivity contribution in [3.63, 3.8) is 0 Å². The summed E-state index contributed by atoms with van der Waals surface area (Å²) in [5.41, 5.74) is 2.51. The predicted molar refractivity (Wildman–Crippen MR) is 135 cm³/mol. The first kappa shape index (κ1) is 25.2. The van der Waals surface area contributed by atoms with Crippen molar-refractivity contribution in [3.8, 4) is 11.3 Å². The number of nitrogens with one attached hydrogen (secondary N) is 1. The molecule has 4 atom stereocenters. The monoisotopic (exact) mass is 513 g/mol. The highest BCUT2D eigenvalue weighted by molar-refractivity contribution is 7.88. The van der Waals surface area contributed by atoms with Gasteiger partial charge >= 0.3 is 5.97 Å². The molecule has 1 N–H and O–H groups in total. The quantitative estimate of drug-likeness (QED) is 0.429. The molecule has 2 bridgehead atoms. The molecule has 9 heteroatoms. The van der Waals surface area contributed by atoms with Gasteiger partial charge in [-0.05, 0) is 68.7 Å². The lowest BCUT2D eigenvalue weighted by Gasteiger charge is -2.57. The number of nitrogens with zero attached hydrogens (tertiary/aromatic N) is 2. The molecular formula is C27H32FN3O4S. The van der Waals surface area contributed by atoms with E-state index in [0.717, 1.165) is 31.4 Å². The van der Waals surface area contributed by atoms with Crippen molar-refractivity contribution in [1.82, 2.24) is 14.6 Å². The highest BCUT2D eigenvalue weighted by Gasteiger charge is 2.54. The summed E-state index contributed by atoms with van der Waals surface area (Å²) in [6.07, 6.45) is 4.67. The van der Waals surface area contributed by atoms with Crippen LogP contribution < -0.4 is 4.72 Å². The second-order valence-corrected chi connectivity index (χ2v) is 11.4. The van der Waals surface area contributed by atoms with Crippen molar-refractivity contribution < 1.29 is 23.3 Å². The second kappa shape index (κ2) is 10.1. The number of piperidine rings is 2. The van der Waals surface area contributed by atoms with Crippen LogP contribution in [0.15, 0.2) is 36.4 Å². The van der Waals surface area contributed by atoms with Gasteiger partial charge in [0.2, 0.25) is 0 Å². The van der Waals surface area contributed by atoms with Crippen LogP contribution in [0.4, 0.5) is 4.39 Å². The summed E-state index contributed by atoms with van der Waals surface area (Å²) in [6.45, 7) is 2.83. The zero-order valence-electron chi connectivity index (χ0n) is 20.8. The van der Waals surface area contributed by atoms with Gasteiger partial charge in [0.15, 0.2) is 6.10 Å². The lowest BCUT2D eigenvalue weighted by atomic mass is 9.66. The molecule has 1 aromatic heterocycles. The third-order valence-electron chi connectivity index (χ3n) is 7.62. The van der Waals surface area contributed by atoms with Gasteiger partial charge in [0.1, 0.15) is 12.1 Å². The third-order valence-corrected chi connectivity index (χ3v) is 8.22. The zero-order valence-corrected chi connectivity index (χ0v) is 21.6. The fraction of sp³-hybridized carbons (Fsp3) is 0.519. The Morgan fingerprint density at radius 2 is 1.97 bits per heavy atom. The molecule has 36 heavy (non-hydrogen) atoms. The van der Waals surface area contributed by atoms with Gasteiger partial charge in [-0.25, -0.2) is 4.39 Å². The number of rotatable bonds is 8. The summed E-state index contributed by atoms with van der Waals surface area (Å²) >= 11 is -1.30. The average molecular weight is 514 g/mol. The molecule has 4 aliphatic rings. The smallest absolute Gasteiger partial charge is 0.303 e.